The van der Waals surface area contributed by atoms with Gasteiger partial charge in [-0.1, -0.05) is 90.5 Å². The highest BCUT2D eigenvalue weighted by Crippen LogP contribution is 2.26. The zero-order valence-corrected chi connectivity index (χ0v) is 23.4. The molecule has 0 radical (unpaired) electrons. The summed E-state index contributed by atoms with van der Waals surface area (Å²) in [6.07, 6.45) is -0.717. The molecule has 0 bridgehead atoms. The molecule has 0 aliphatic rings. The van der Waals surface area contributed by atoms with Gasteiger partial charge in [0.25, 0.3) is 0 Å². The van der Waals surface area contributed by atoms with Crippen LogP contribution in [0.5, 0.6) is 5.75 Å². The zero-order valence-electron chi connectivity index (χ0n) is 22.6. The van der Waals surface area contributed by atoms with Crippen LogP contribution >= 0.6 is 0 Å². The van der Waals surface area contributed by atoms with Crippen molar-refractivity contribution in [3.63, 3.8) is 0 Å². The number of carbonyl (C=O) groups excluding carboxylic acids is 2. The van der Waals surface area contributed by atoms with E-state index in [0.29, 0.717) is 5.56 Å². The van der Waals surface area contributed by atoms with Crippen molar-refractivity contribution in [1.29, 1.82) is 0 Å². The third-order valence-electron chi connectivity index (χ3n) is 6.21. The van der Waals surface area contributed by atoms with Crippen LogP contribution in [0.2, 0.25) is 0 Å². The second kappa shape index (κ2) is 14.1. The summed E-state index contributed by atoms with van der Waals surface area (Å²) in [6.45, 7) is 2.10. The van der Waals surface area contributed by atoms with Gasteiger partial charge in [-0.2, -0.15) is 8.42 Å². The van der Waals surface area contributed by atoms with Gasteiger partial charge in [0, 0.05) is 12.5 Å². The molecule has 0 aliphatic carbocycles. The lowest BCUT2D eigenvalue weighted by molar-refractivity contribution is -0.145. The van der Waals surface area contributed by atoms with E-state index in [1.807, 2.05) is 67.6 Å². The van der Waals surface area contributed by atoms with E-state index in [2.05, 4.69) is 5.32 Å². The summed E-state index contributed by atoms with van der Waals surface area (Å²) in [7, 11) is -4.08. The maximum absolute atomic E-state index is 12.8. The maximum atomic E-state index is 12.8. The molecule has 1 unspecified atom stereocenters. The average Bonchev–Trinajstić information content (AvgIpc) is 2.98. The van der Waals surface area contributed by atoms with E-state index in [9.17, 15) is 18.0 Å². The van der Waals surface area contributed by atoms with Crippen molar-refractivity contribution >= 4 is 22.2 Å². The van der Waals surface area contributed by atoms with E-state index in [4.69, 9.17) is 13.7 Å². The van der Waals surface area contributed by atoms with Crippen LogP contribution < -0.4 is 9.50 Å². The molecule has 8 nitrogen and oxygen atoms in total. The Labute approximate surface area is 240 Å². The van der Waals surface area contributed by atoms with Crippen LogP contribution in [0.25, 0.3) is 0 Å². The number of nitrogens with one attached hydrogen (secondary N) is 1. The third-order valence-corrected chi connectivity index (χ3v) is 7.47. The van der Waals surface area contributed by atoms with Crippen molar-refractivity contribution in [2.24, 2.45) is 0 Å². The van der Waals surface area contributed by atoms with Gasteiger partial charge in [0.2, 0.25) is 0 Å². The minimum Gasteiger partial charge on any atom is -0.461 e. The van der Waals surface area contributed by atoms with Crippen LogP contribution in [-0.4, -0.2) is 27.0 Å². The summed E-state index contributed by atoms with van der Waals surface area (Å²) in [6, 6.07) is 31.3. The van der Waals surface area contributed by atoms with E-state index in [0.717, 1.165) is 16.7 Å². The lowest BCUT2D eigenvalue weighted by Gasteiger charge is -2.18. The predicted octanol–water partition coefficient (Wildman–Crippen LogP) is 5.91. The number of ether oxygens (including phenoxy) is 2. The second-order valence-electron chi connectivity index (χ2n) is 9.41. The highest BCUT2D eigenvalue weighted by Gasteiger charge is 2.21. The van der Waals surface area contributed by atoms with Crippen molar-refractivity contribution in [3.05, 3.63) is 131 Å². The van der Waals surface area contributed by atoms with E-state index in [1.165, 1.54) is 24.3 Å². The summed E-state index contributed by atoms with van der Waals surface area (Å²) in [5.74, 6) is -0.942. The molecule has 1 N–H and O–H groups in total. The molecule has 0 saturated carbocycles. The van der Waals surface area contributed by atoms with Gasteiger partial charge in [-0.05, 0) is 47.9 Å². The number of amides is 1. The minimum absolute atomic E-state index is 0.0253. The molecule has 4 rings (SSSR count). The van der Waals surface area contributed by atoms with Crippen LogP contribution in [0.4, 0.5) is 4.79 Å². The van der Waals surface area contributed by atoms with Gasteiger partial charge in [0.15, 0.2) is 0 Å². The third kappa shape index (κ3) is 9.22. The molecule has 1 amide bonds. The number of aryl methyl sites for hydroxylation is 1. The molecular formula is C32H31NO7S. The molecule has 0 fully saturated rings. The Hall–Kier alpha value is -4.63. The molecule has 4 aromatic carbocycles. The Morgan fingerprint density at radius 2 is 1.37 bits per heavy atom. The zero-order chi connectivity index (χ0) is 29.1. The number of carbonyl (C=O) groups is 2. The first-order valence-corrected chi connectivity index (χ1v) is 14.4. The van der Waals surface area contributed by atoms with E-state index >= 15 is 0 Å². The fraction of sp³-hybridized carbons (Fsp3) is 0.188. The lowest BCUT2D eigenvalue weighted by Crippen LogP contribution is -2.30. The molecule has 1 atom stereocenters. The molecule has 41 heavy (non-hydrogen) atoms. The molecular weight excluding hydrogens is 542 g/mol. The summed E-state index contributed by atoms with van der Waals surface area (Å²) < 4.78 is 41.8. The average molecular weight is 574 g/mol. The van der Waals surface area contributed by atoms with Crippen molar-refractivity contribution in [2.75, 3.05) is 6.54 Å². The standard InChI is InChI=1S/C32H31NO7S/c1-24-15-17-30(18-16-24)41(36,37)40-29-14-8-13-27(19-29)28(20-31(34)38-22-25-9-4-2-5-10-25)21-33-32(35)39-23-26-11-6-3-7-12-26/h2-19,28H,20-23H2,1H3,(H,33,35). The summed E-state index contributed by atoms with van der Waals surface area (Å²) in [5, 5.41) is 2.70. The number of rotatable bonds is 12. The Bertz CT molecular complexity index is 1540. The van der Waals surface area contributed by atoms with E-state index in [1.54, 1.807) is 24.3 Å². The van der Waals surface area contributed by atoms with Crippen molar-refractivity contribution in [1.82, 2.24) is 5.32 Å². The number of hydrogen-bond acceptors (Lipinski definition) is 7. The van der Waals surface area contributed by atoms with Crippen LogP contribution in [0, 0.1) is 6.92 Å². The smallest absolute Gasteiger partial charge is 0.407 e. The van der Waals surface area contributed by atoms with Gasteiger partial charge in [-0.25, -0.2) is 4.79 Å². The van der Waals surface area contributed by atoms with Gasteiger partial charge < -0.3 is 19.0 Å². The molecule has 0 aliphatic heterocycles. The fourth-order valence-electron chi connectivity index (χ4n) is 3.99. The molecule has 9 heteroatoms. The lowest BCUT2D eigenvalue weighted by atomic mass is 9.95. The normalized spacial score (nSPS) is 11.7. The van der Waals surface area contributed by atoms with Crippen LogP contribution in [0.15, 0.2) is 114 Å². The molecule has 0 aromatic heterocycles. The Kier molecular flexibility index (Phi) is 10.1. The van der Waals surface area contributed by atoms with Gasteiger partial charge >= 0.3 is 22.2 Å². The van der Waals surface area contributed by atoms with E-state index in [-0.39, 0.29) is 36.8 Å². The molecule has 0 spiro atoms. The molecule has 4 aromatic rings. The summed E-state index contributed by atoms with van der Waals surface area (Å²) >= 11 is 0. The largest absolute Gasteiger partial charge is 0.461 e. The van der Waals surface area contributed by atoms with Crippen LogP contribution in [-0.2, 0) is 37.6 Å². The van der Waals surface area contributed by atoms with Crippen molar-refractivity contribution in [3.8, 4) is 5.75 Å². The Balaban J connectivity index is 1.46. The fourth-order valence-corrected chi connectivity index (χ4v) is 4.91. The predicted molar refractivity (Wildman–Crippen MR) is 154 cm³/mol. The maximum Gasteiger partial charge on any atom is 0.407 e. The SMILES string of the molecule is Cc1ccc(S(=O)(=O)Oc2cccc(C(CNC(=O)OCc3ccccc3)CC(=O)OCc3ccccc3)c2)cc1. The van der Waals surface area contributed by atoms with Gasteiger partial charge in [0.1, 0.15) is 23.9 Å². The number of alkyl carbamates (subject to hydrolysis) is 1. The number of hydrogen-bond donors (Lipinski definition) is 1. The van der Waals surface area contributed by atoms with E-state index < -0.39 is 28.1 Å². The number of benzene rings is 4. The topological polar surface area (TPSA) is 108 Å². The van der Waals surface area contributed by atoms with Crippen LogP contribution in [0.3, 0.4) is 0 Å². The summed E-state index contributed by atoms with van der Waals surface area (Å²) in [5.41, 5.74) is 3.18. The first-order chi connectivity index (χ1) is 19.8. The van der Waals surface area contributed by atoms with Gasteiger partial charge in [-0.3, -0.25) is 4.79 Å². The minimum atomic E-state index is -4.08. The monoisotopic (exact) mass is 573 g/mol. The van der Waals surface area contributed by atoms with Crippen molar-refractivity contribution in [2.45, 2.75) is 37.4 Å². The highest BCUT2D eigenvalue weighted by molar-refractivity contribution is 7.87. The quantitative estimate of drug-likeness (QED) is 0.166. The molecule has 0 saturated heterocycles. The molecule has 212 valence electrons. The Morgan fingerprint density at radius 1 is 0.756 bits per heavy atom. The first kappa shape index (κ1) is 29.4. The number of esters is 1. The van der Waals surface area contributed by atoms with Crippen molar-refractivity contribution < 1.29 is 31.7 Å². The Morgan fingerprint density at radius 3 is 2.00 bits per heavy atom. The molecule has 0 heterocycles. The highest BCUT2D eigenvalue weighted by atomic mass is 32.2. The second-order valence-corrected chi connectivity index (χ2v) is 11.0. The first-order valence-electron chi connectivity index (χ1n) is 13.0. The van der Waals surface area contributed by atoms with Gasteiger partial charge in [0.05, 0.1) is 6.42 Å². The summed E-state index contributed by atoms with van der Waals surface area (Å²) in [4.78, 5) is 25.2. The van der Waals surface area contributed by atoms with Gasteiger partial charge in [-0.15, -0.1) is 0 Å². The van der Waals surface area contributed by atoms with Crippen LogP contribution in [0.1, 0.15) is 34.6 Å².